The van der Waals surface area contributed by atoms with Gasteiger partial charge in [-0.1, -0.05) is 13.0 Å². The molecule has 0 heterocycles. The van der Waals surface area contributed by atoms with Crippen molar-refractivity contribution < 1.29 is 0 Å². The summed E-state index contributed by atoms with van der Waals surface area (Å²) >= 11 is 0. The Morgan fingerprint density at radius 2 is 2.12 bits per heavy atom. The van der Waals surface area contributed by atoms with Crippen LogP contribution in [0.3, 0.4) is 0 Å². The lowest BCUT2D eigenvalue weighted by Gasteiger charge is -2.25. The Morgan fingerprint density at radius 3 is 2.65 bits per heavy atom. The fourth-order valence-electron chi connectivity index (χ4n) is 2.44. The highest BCUT2D eigenvalue weighted by atomic mass is 15.2. The molecule has 0 amide bonds. The van der Waals surface area contributed by atoms with E-state index >= 15 is 0 Å². The second-order valence-electron chi connectivity index (χ2n) is 5.07. The molecule has 0 saturated heterocycles. The highest BCUT2D eigenvalue weighted by molar-refractivity contribution is 5.52. The van der Waals surface area contributed by atoms with Crippen molar-refractivity contribution in [3.63, 3.8) is 0 Å². The van der Waals surface area contributed by atoms with Gasteiger partial charge in [-0.25, -0.2) is 0 Å². The Hall–Kier alpha value is -1.02. The smallest absolute Gasteiger partial charge is 0.0371 e. The molecule has 0 aromatic heterocycles. The minimum absolute atomic E-state index is 0.738. The number of aryl methyl sites for hydroxylation is 1. The maximum Gasteiger partial charge on any atom is 0.0371 e. The number of anilines is 1. The van der Waals surface area contributed by atoms with E-state index in [-0.39, 0.29) is 0 Å². The lowest BCUT2D eigenvalue weighted by Crippen LogP contribution is -2.26. The summed E-state index contributed by atoms with van der Waals surface area (Å²) < 4.78 is 0. The first-order valence-corrected chi connectivity index (χ1v) is 6.82. The summed E-state index contributed by atoms with van der Waals surface area (Å²) in [7, 11) is 0. The van der Waals surface area contributed by atoms with Crippen molar-refractivity contribution in [2.45, 2.75) is 45.6 Å². The van der Waals surface area contributed by atoms with Gasteiger partial charge in [0.25, 0.3) is 0 Å². The van der Waals surface area contributed by atoms with E-state index in [2.05, 4.69) is 36.9 Å². The third-order valence-corrected chi connectivity index (χ3v) is 3.52. The minimum atomic E-state index is 0.738. The minimum Gasteiger partial charge on any atom is -0.369 e. The lowest BCUT2D eigenvalue weighted by molar-refractivity contribution is 0.762. The second kappa shape index (κ2) is 5.54. The van der Waals surface area contributed by atoms with Crippen molar-refractivity contribution in [3.8, 4) is 0 Å². The first kappa shape index (κ1) is 12.4. The van der Waals surface area contributed by atoms with Crippen molar-refractivity contribution in [2.24, 2.45) is 5.73 Å². The highest BCUT2D eigenvalue weighted by Gasteiger charge is 2.28. The fourth-order valence-corrected chi connectivity index (χ4v) is 2.44. The van der Waals surface area contributed by atoms with E-state index in [4.69, 9.17) is 5.73 Å². The average molecular weight is 232 g/mol. The SMILES string of the molecule is CCCN(c1ccc(CCN)c(C)c1)C1CC1. The predicted molar refractivity (Wildman–Crippen MR) is 74.6 cm³/mol. The van der Waals surface area contributed by atoms with Crippen LogP contribution in [0.25, 0.3) is 0 Å². The van der Waals surface area contributed by atoms with Crippen LogP contribution in [-0.4, -0.2) is 19.1 Å². The van der Waals surface area contributed by atoms with Crippen LogP contribution >= 0.6 is 0 Å². The van der Waals surface area contributed by atoms with Gasteiger partial charge in [0.2, 0.25) is 0 Å². The molecule has 94 valence electrons. The number of hydrogen-bond donors (Lipinski definition) is 1. The molecule has 0 radical (unpaired) electrons. The molecule has 0 atom stereocenters. The molecule has 1 fully saturated rings. The molecule has 2 rings (SSSR count). The Labute approximate surface area is 105 Å². The molecule has 2 heteroatoms. The molecule has 1 aliphatic rings. The molecular weight excluding hydrogens is 208 g/mol. The molecule has 1 saturated carbocycles. The average Bonchev–Trinajstić information content (AvgIpc) is 3.13. The van der Waals surface area contributed by atoms with Gasteiger partial charge in [0.1, 0.15) is 0 Å². The first-order valence-electron chi connectivity index (χ1n) is 6.82. The maximum absolute atomic E-state index is 5.62. The van der Waals surface area contributed by atoms with Gasteiger partial charge in [0, 0.05) is 18.3 Å². The van der Waals surface area contributed by atoms with Gasteiger partial charge in [-0.3, -0.25) is 0 Å². The van der Waals surface area contributed by atoms with E-state index in [0.717, 1.165) is 19.0 Å². The van der Waals surface area contributed by atoms with Gasteiger partial charge >= 0.3 is 0 Å². The normalized spacial score (nSPS) is 15.0. The van der Waals surface area contributed by atoms with Crippen LogP contribution in [0.2, 0.25) is 0 Å². The van der Waals surface area contributed by atoms with Crippen LogP contribution in [0.15, 0.2) is 18.2 Å². The zero-order valence-corrected chi connectivity index (χ0v) is 11.1. The Kier molecular flexibility index (Phi) is 4.06. The van der Waals surface area contributed by atoms with Crippen LogP contribution in [0.4, 0.5) is 5.69 Å². The molecule has 0 bridgehead atoms. The van der Waals surface area contributed by atoms with Crippen molar-refractivity contribution in [3.05, 3.63) is 29.3 Å². The van der Waals surface area contributed by atoms with E-state index in [1.807, 2.05) is 0 Å². The third-order valence-electron chi connectivity index (χ3n) is 3.52. The summed E-state index contributed by atoms with van der Waals surface area (Å²) in [5, 5.41) is 0. The zero-order valence-electron chi connectivity index (χ0n) is 11.1. The molecule has 2 nitrogen and oxygen atoms in total. The summed E-state index contributed by atoms with van der Waals surface area (Å²) in [5.41, 5.74) is 9.79. The summed E-state index contributed by atoms with van der Waals surface area (Å²) in [6.45, 7) is 6.37. The van der Waals surface area contributed by atoms with E-state index in [1.54, 1.807) is 0 Å². The molecular formula is C15H24N2. The summed E-state index contributed by atoms with van der Waals surface area (Å²) in [4.78, 5) is 2.57. The molecule has 0 aliphatic heterocycles. The van der Waals surface area contributed by atoms with Gasteiger partial charge < -0.3 is 10.6 Å². The number of nitrogens with two attached hydrogens (primary N) is 1. The van der Waals surface area contributed by atoms with E-state index in [1.165, 1.54) is 42.6 Å². The summed E-state index contributed by atoms with van der Waals surface area (Å²) in [5.74, 6) is 0. The number of nitrogens with zero attached hydrogens (tertiary/aromatic N) is 1. The molecule has 2 N–H and O–H groups in total. The van der Waals surface area contributed by atoms with Crippen LogP contribution in [-0.2, 0) is 6.42 Å². The van der Waals surface area contributed by atoms with Gasteiger partial charge in [0.05, 0.1) is 0 Å². The van der Waals surface area contributed by atoms with E-state index < -0.39 is 0 Å². The molecule has 1 aromatic rings. The first-order chi connectivity index (χ1) is 8.26. The van der Waals surface area contributed by atoms with Gasteiger partial charge in [-0.05, 0) is 62.4 Å². The van der Waals surface area contributed by atoms with Crippen molar-refractivity contribution in [1.82, 2.24) is 0 Å². The quantitative estimate of drug-likeness (QED) is 0.817. The van der Waals surface area contributed by atoms with Crippen molar-refractivity contribution in [1.29, 1.82) is 0 Å². The largest absolute Gasteiger partial charge is 0.369 e. The molecule has 0 spiro atoms. The highest BCUT2D eigenvalue weighted by Crippen LogP contribution is 2.32. The van der Waals surface area contributed by atoms with E-state index in [9.17, 15) is 0 Å². The van der Waals surface area contributed by atoms with Gasteiger partial charge in [0.15, 0.2) is 0 Å². The second-order valence-corrected chi connectivity index (χ2v) is 5.07. The molecule has 17 heavy (non-hydrogen) atoms. The number of hydrogen-bond acceptors (Lipinski definition) is 2. The fraction of sp³-hybridized carbons (Fsp3) is 0.600. The number of benzene rings is 1. The summed E-state index contributed by atoms with van der Waals surface area (Å²) in [6, 6.07) is 7.66. The van der Waals surface area contributed by atoms with Crippen LogP contribution in [0.5, 0.6) is 0 Å². The standard InChI is InChI=1S/C15H24N2/c1-3-10-17(14-6-7-14)15-5-4-13(8-9-16)12(2)11-15/h4-5,11,14H,3,6-10,16H2,1-2H3. The maximum atomic E-state index is 5.62. The van der Waals surface area contributed by atoms with Gasteiger partial charge in [-0.15, -0.1) is 0 Å². The van der Waals surface area contributed by atoms with Crippen LogP contribution < -0.4 is 10.6 Å². The monoisotopic (exact) mass is 232 g/mol. The third kappa shape index (κ3) is 3.01. The molecule has 0 unspecified atom stereocenters. The molecule has 1 aliphatic carbocycles. The van der Waals surface area contributed by atoms with Crippen molar-refractivity contribution in [2.75, 3.05) is 18.0 Å². The van der Waals surface area contributed by atoms with Crippen molar-refractivity contribution >= 4 is 5.69 Å². The topological polar surface area (TPSA) is 29.3 Å². The number of rotatable bonds is 6. The Bertz CT molecular complexity index is 369. The lowest BCUT2D eigenvalue weighted by atomic mass is 10.0. The van der Waals surface area contributed by atoms with Crippen LogP contribution in [0, 0.1) is 6.92 Å². The molecule has 1 aromatic carbocycles. The van der Waals surface area contributed by atoms with E-state index in [0.29, 0.717) is 0 Å². The summed E-state index contributed by atoms with van der Waals surface area (Å²) in [6.07, 6.45) is 4.94. The Morgan fingerprint density at radius 1 is 1.35 bits per heavy atom. The Balaban J connectivity index is 2.16. The van der Waals surface area contributed by atoms with Gasteiger partial charge in [-0.2, -0.15) is 0 Å². The van der Waals surface area contributed by atoms with Crippen LogP contribution in [0.1, 0.15) is 37.3 Å². The zero-order chi connectivity index (χ0) is 12.3. The predicted octanol–water partition coefficient (Wildman–Crippen LogP) is 2.88.